The fraction of sp³-hybridized carbons (Fsp3) is 0.182. The number of nitrogens with zero attached hydrogens (tertiary/aromatic N) is 3. The van der Waals surface area contributed by atoms with Crippen LogP contribution in [0.3, 0.4) is 0 Å². The topological polar surface area (TPSA) is 98.0 Å². The van der Waals surface area contributed by atoms with Crippen LogP contribution in [0.25, 0.3) is 0 Å². The summed E-state index contributed by atoms with van der Waals surface area (Å²) < 4.78 is 0.687. The molecule has 0 aliphatic carbocycles. The maximum Gasteiger partial charge on any atom is 0.271 e. The van der Waals surface area contributed by atoms with Crippen molar-refractivity contribution in [2.75, 3.05) is 5.32 Å². The maximum atomic E-state index is 12.0. The van der Waals surface area contributed by atoms with Crippen molar-refractivity contribution >= 4 is 52.0 Å². The maximum absolute atomic E-state index is 12.0. The number of amides is 1. The smallest absolute Gasteiger partial charge is 0.271 e. The fourth-order valence-electron chi connectivity index (χ4n) is 1.37. The Hall–Kier alpha value is -1.71. The molecule has 1 N–H and O–H groups in total. The molecular formula is C11H9ClN4O3S2. The van der Waals surface area contributed by atoms with Crippen LogP contribution in [0.15, 0.2) is 28.0 Å². The number of hydrogen-bond acceptors (Lipinski definition) is 7. The van der Waals surface area contributed by atoms with Crippen LogP contribution in [0.2, 0.25) is 5.02 Å². The van der Waals surface area contributed by atoms with E-state index in [-0.39, 0.29) is 16.6 Å². The number of nitrogens with one attached hydrogen (secondary N) is 1. The molecule has 10 heteroatoms. The molecule has 1 heterocycles. The fourth-order valence-corrected chi connectivity index (χ4v) is 3.22. The van der Waals surface area contributed by atoms with Crippen molar-refractivity contribution < 1.29 is 9.72 Å². The third-order valence-electron chi connectivity index (χ3n) is 2.41. The standard InChI is InChI=1S/C11H9ClN4O3S2/c1-6(21-11-15-13-5-20-11)10(17)14-9-3-2-7(16(18)19)4-8(9)12/h2-6H,1H3,(H,14,17). The molecule has 2 rings (SSSR count). The molecule has 1 aromatic carbocycles. The number of anilines is 1. The molecule has 21 heavy (non-hydrogen) atoms. The molecule has 0 radical (unpaired) electrons. The van der Waals surface area contributed by atoms with Gasteiger partial charge in [0.05, 0.1) is 20.9 Å². The largest absolute Gasteiger partial charge is 0.324 e. The second-order valence-corrected chi connectivity index (χ2v) is 6.70. The first kappa shape index (κ1) is 15.7. The molecule has 1 aromatic heterocycles. The van der Waals surface area contributed by atoms with Gasteiger partial charge in [0.15, 0.2) is 4.34 Å². The number of non-ortho nitro benzene ring substituents is 1. The van der Waals surface area contributed by atoms with Crippen LogP contribution in [0.4, 0.5) is 11.4 Å². The molecule has 1 atom stereocenters. The van der Waals surface area contributed by atoms with Gasteiger partial charge in [0, 0.05) is 12.1 Å². The van der Waals surface area contributed by atoms with Crippen LogP contribution in [-0.2, 0) is 4.79 Å². The van der Waals surface area contributed by atoms with Gasteiger partial charge in [0.1, 0.15) is 5.51 Å². The normalized spacial score (nSPS) is 11.9. The second kappa shape index (κ2) is 6.83. The van der Waals surface area contributed by atoms with Gasteiger partial charge in [-0.05, 0) is 13.0 Å². The van der Waals surface area contributed by atoms with Crippen molar-refractivity contribution in [3.63, 3.8) is 0 Å². The number of carbonyl (C=O) groups excluding carboxylic acids is 1. The van der Waals surface area contributed by atoms with Crippen LogP contribution in [0.5, 0.6) is 0 Å². The van der Waals surface area contributed by atoms with E-state index in [1.807, 2.05) is 0 Å². The van der Waals surface area contributed by atoms with E-state index in [9.17, 15) is 14.9 Å². The number of nitro groups is 1. The summed E-state index contributed by atoms with van der Waals surface area (Å²) in [7, 11) is 0. The van der Waals surface area contributed by atoms with Gasteiger partial charge >= 0.3 is 0 Å². The number of thioether (sulfide) groups is 1. The van der Waals surface area contributed by atoms with Crippen LogP contribution in [-0.4, -0.2) is 26.3 Å². The SMILES string of the molecule is CC(Sc1nncs1)C(=O)Nc1ccc([N+](=O)[O-])cc1Cl. The Balaban J connectivity index is 2.03. The monoisotopic (exact) mass is 344 g/mol. The third kappa shape index (κ3) is 4.13. The second-order valence-electron chi connectivity index (χ2n) is 3.88. The number of aromatic nitrogens is 2. The van der Waals surface area contributed by atoms with Crippen molar-refractivity contribution in [1.82, 2.24) is 10.2 Å². The van der Waals surface area contributed by atoms with Gasteiger partial charge in [-0.2, -0.15) is 0 Å². The number of nitro benzene ring substituents is 1. The first-order chi connectivity index (χ1) is 9.97. The molecule has 0 bridgehead atoms. The van der Waals surface area contributed by atoms with Crippen molar-refractivity contribution in [2.24, 2.45) is 0 Å². The minimum absolute atomic E-state index is 0.116. The van der Waals surface area contributed by atoms with E-state index >= 15 is 0 Å². The van der Waals surface area contributed by atoms with Crippen molar-refractivity contribution in [2.45, 2.75) is 16.5 Å². The van der Waals surface area contributed by atoms with Crippen molar-refractivity contribution in [3.05, 3.63) is 38.8 Å². The molecule has 0 aliphatic heterocycles. The Morgan fingerprint density at radius 3 is 2.90 bits per heavy atom. The van der Waals surface area contributed by atoms with E-state index < -0.39 is 10.2 Å². The quantitative estimate of drug-likeness (QED) is 0.508. The number of hydrogen-bond donors (Lipinski definition) is 1. The first-order valence-corrected chi connectivity index (χ1v) is 7.78. The van der Waals surface area contributed by atoms with Gasteiger partial charge in [-0.25, -0.2) is 0 Å². The Morgan fingerprint density at radius 2 is 2.33 bits per heavy atom. The average molecular weight is 345 g/mol. The molecule has 1 unspecified atom stereocenters. The van der Waals surface area contributed by atoms with E-state index in [1.165, 1.54) is 41.3 Å². The minimum atomic E-state index is -0.550. The highest BCUT2D eigenvalue weighted by atomic mass is 35.5. The lowest BCUT2D eigenvalue weighted by atomic mass is 10.2. The first-order valence-electron chi connectivity index (χ1n) is 5.65. The zero-order valence-corrected chi connectivity index (χ0v) is 13.0. The molecule has 2 aromatic rings. The molecule has 0 spiro atoms. The number of benzene rings is 1. The zero-order chi connectivity index (χ0) is 15.4. The van der Waals surface area contributed by atoms with Gasteiger partial charge in [-0.3, -0.25) is 14.9 Å². The van der Waals surface area contributed by atoms with Crippen LogP contribution >= 0.6 is 34.7 Å². The summed E-state index contributed by atoms with van der Waals surface area (Å²) in [5, 5.41) is 20.5. The highest BCUT2D eigenvalue weighted by Gasteiger charge is 2.18. The van der Waals surface area contributed by atoms with Crippen LogP contribution < -0.4 is 5.32 Å². The molecule has 7 nitrogen and oxygen atoms in total. The number of carbonyl (C=O) groups is 1. The molecule has 110 valence electrons. The predicted octanol–water partition coefficient (Wildman–Crippen LogP) is 3.22. The number of halogens is 1. The Kier molecular flexibility index (Phi) is 5.10. The Morgan fingerprint density at radius 1 is 1.57 bits per heavy atom. The van der Waals surface area contributed by atoms with Crippen LogP contribution in [0.1, 0.15) is 6.92 Å². The Bertz CT molecular complexity index is 665. The summed E-state index contributed by atoms with van der Waals surface area (Å²) in [5.41, 5.74) is 1.78. The lowest BCUT2D eigenvalue weighted by Gasteiger charge is -2.11. The highest BCUT2D eigenvalue weighted by Crippen LogP contribution is 2.29. The van der Waals surface area contributed by atoms with Crippen molar-refractivity contribution in [3.8, 4) is 0 Å². The molecular weight excluding hydrogens is 336 g/mol. The van der Waals surface area contributed by atoms with Crippen LogP contribution in [0, 0.1) is 10.1 Å². The van der Waals surface area contributed by atoms with Crippen molar-refractivity contribution in [1.29, 1.82) is 0 Å². The summed E-state index contributed by atoms with van der Waals surface area (Å²) >= 11 is 8.53. The summed E-state index contributed by atoms with van der Waals surface area (Å²) in [5.74, 6) is -0.272. The van der Waals surface area contributed by atoms with E-state index in [1.54, 1.807) is 12.4 Å². The molecule has 0 saturated heterocycles. The summed E-state index contributed by atoms with van der Waals surface area (Å²) in [4.78, 5) is 22.1. The predicted molar refractivity (Wildman–Crippen MR) is 82.0 cm³/mol. The molecule has 1 amide bonds. The number of rotatable bonds is 5. The van der Waals surface area contributed by atoms with E-state index in [2.05, 4.69) is 15.5 Å². The summed E-state index contributed by atoms with van der Waals surface area (Å²) in [6.45, 7) is 1.72. The van der Waals surface area contributed by atoms with Gasteiger partial charge < -0.3 is 5.32 Å². The molecule has 0 saturated carbocycles. The minimum Gasteiger partial charge on any atom is -0.324 e. The third-order valence-corrected chi connectivity index (χ3v) is 4.63. The lowest BCUT2D eigenvalue weighted by molar-refractivity contribution is -0.384. The average Bonchev–Trinajstić information content (AvgIpc) is 2.93. The van der Waals surface area contributed by atoms with Gasteiger partial charge in [-0.1, -0.05) is 34.7 Å². The van der Waals surface area contributed by atoms with E-state index in [0.29, 0.717) is 10.0 Å². The van der Waals surface area contributed by atoms with E-state index in [4.69, 9.17) is 11.6 Å². The zero-order valence-electron chi connectivity index (χ0n) is 10.6. The summed E-state index contributed by atoms with van der Waals surface area (Å²) in [6, 6.07) is 3.88. The van der Waals surface area contributed by atoms with Gasteiger partial charge in [0.25, 0.3) is 5.69 Å². The van der Waals surface area contributed by atoms with E-state index in [0.717, 1.165) is 0 Å². The Labute approximate surface area is 132 Å². The van der Waals surface area contributed by atoms with Gasteiger partial charge in [-0.15, -0.1) is 10.2 Å². The molecule has 0 aliphatic rings. The lowest BCUT2D eigenvalue weighted by Crippen LogP contribution is -2.22. The molecule has 0 fully saturated rings. The highest BCUT2D eigenvalue weighted by molar-refractivity contribution is 8.02. The van der Waals surface area contributed by atoms with Gasteiger partial charge in [0.2, 0.25) is 5.91 Å². The summed E-state index contributed by atoms with van der Waals surface area (Å²) in [6.07, 6.45) is 0.